The summed E-state index contributed by atoms with van der Waals surface area (Å²) in [5, 5.41) is 0. The predicted molar refractivity (Wildman–Crippen MR) is 76.2 cm³/mol. The van der Waals surface area contributed by atoms with Gasteiger partial charge in [-0.15, -0.1) is 0 Å². The average molecular weight is 240 g/mol. The minimum absolute atomic E-state index is 0.270. The van der Waals surface area contributed by atoms with Crippen molar-refractivity contribution >= 4 is 0 Å². The van der Waals surface area contributed by atoms with Gasteiger partial charge in [-0.25, -0.2) is 0 Å². The van der Waals surface area contributed by atoms with Gasteiger partial charge in [0, 0.05) is 24.2 Å². The largest absolute Gasteiger partial charge is 0.329 e. The van der Waals surface area contributed by atoms with E-state index in [1.54, 1.807) is 0 Å². The molecule has 0 bridgehead atoms. The number of unbranched alkanes of at least 4 members (excludes halogenated alkanes) is 1. The second-order valence-corrected chi connectivity index (χ2v) is 5.78. The summed E-state index contributed by atoms with van der Waals surface area (Å²) in [4.78, 5) is 2.78. The summed E-state index contributed by atoms with van der Waals surface area (Å²) in [7, 11) is 0. The van der Waals surface area contributed by atoms with Gasteiger partial charge in [-0.05, 0) is 39.0 Å². The molecule has 0 aromatic rings. The molecule has 0 amide bonds. The summed E-state index contributed by atoms with van der Waals surface area (Å²) in [5.74, 6) is 0. The maximum atomic E-state index is 6.18. The van der Waals surface area contributed by atoms with Crippen molar-refractivity contribution in [1.29, 1.82) is 0 Å². The smallest absolute Gasteiger partial charge is 0.0334 e. The first-order valence-electron chi connectivity index (χ1n) is 7.63. The fraction of sp³-hybridized carbons (Fsp3) is 1.00. The second-order valence-electron chi connectivity index (χ2n) is 5.78. The van der Waals surface area contributed by atoms with Crippen molar-refractivity contribution in [3.63, 3.8) is 0 Å². The number of nitrogens with two attached hydrogens (primary N) is 1. The molecule has 0 saturated carbocycles. The van der Waals surface area contributed by atoms with Crippen LogP contribution in [-0.2, 0) is 0 Å². The van der Waals surface area contributed by atoms with Gasteiger partial charge in [0.15, 0.2) is 0 Å². The fourth-order valence-electron chi connectivity index (χ4n) is 3.67. The summed E-state index contributed by atoms with van der Waals surface area (Å²) in [6, 6.07) is 1.49. The molecule has 1 heterocycles. The molecular formula is C15H32N2. The summed E-state index contributed by atoms with van der Waals surface area (Å²) in [6.45, 7) is 10.1. The molecule has 2 nitrogen and oxygen atoms in total. The van der Waals surface area contributed by atoms with Crippen molar-refractivity contribution < 1.29 is 0 Å². The zero-order valence-corrected chi connectivity index (χ0v) is 12.3. The van der Waals surface area contributed by atoms with E-state index in [4.69, 9.17) is 5.73 Å². The Bertz CT molecular complexity index is 211. The van der Waals surface area contributed by atoms with Gasteiger partial charge in [-0.1, -0.05) is 33.6 Å². The molecule has 1 fully saturated rings. The van der Waals surface area contributed by atoms with E-state index in [0.29, 0.717) is 0 Å². The fourth-order valence-corrected chi connectivity index (χ4v) is 3.67. The molecule has 1 saturated heterocycles. The third-order valence-electron chi connectivity index (χ3n) is 4.84. The third-order valence-corrected chi connectivity index (χ3v) is 4.84. The molecule has 0 aromatic heterocycles. The highest BCUT2D eigenvalue weighted by molar-refractivity contribution is 4.99. The minimum Gasteiger partial charge on any atom is -0.329 e. The topological polar surface area (TPSA) is 29.3 Å². The van der Waals surface area contributed by atoms with E-state index >= 15 is 0 Å². The lowest BCUT2D eigenvalue weighted by Gasteiger charge is -2.47. The maximum Gasteiger partial charge on any atom is 0.0334 e. The van der Waals surface area contributed by atoms with E-state index in [1.165, 1.54) is 44.9 Å². The lowest BCUT2D eigenvalue weighted by atomic mass is 9.86. The highest BCUT2D eigenvalue weighted by Gasteiger charge is 2.42. The first-order chi connectivity index (χ1) is 8.15. The number of nitrogens with zero attached hydrogens (tertiary/aromatic N) is 1. The van der Waals surface area contributed by atoms with E-state index < -0.39 is 0 Å². The molecule has 1 aliphatic rings. The summed E-state index contributed by atoms with van der Waals surface area (Å²) >= 11 is 0. The van der Waals surface area contributed by atoms with Crippen LogP contribution in [0.25, 0.3) is 0 Å². The molecule has 1 aliphatic heterocycles. The van der Waals surface area contributed by atoms with Crippen LogP contribution in [0.15, 0.2) is 0 Å². The number of hydrogen-bond donors (Lipinski definition) is 1. The van der Waals surface area contributed by atoms with Crippen LogP contribution in [0.2, 0.25) is 0 Å². The summed E-state index contributed by atoms with van der Waals surface area (Å²) in [5.41, 5.74) is 6.45. The Morgan fingerprint density at radius 1 is 1.24 bits per heavy atom. The molecule has 2 heteroatoms. The lowest BCUT2D eigenvalue weighted by molar-refractivity contribution is 0.0335. The Kier molecular flexibility index (Phi) is 5.94. The van der Waals surface area contributed by atoms with Gasteiger partial charge in [0.05, 0.1) is 0 Å². The van der Waals surface area contributed by atoms with Crippen molar-refractivity contribution in [2.45, 2.75) is 90.3 Å². The van der Waals surface area contributed by atoms with Gasteiger partial charge in [0.2, 0.25) is 0 Å². The van der Waals surface area contributed by atoms with E-state index in [1.807, 2.05) is 0 Å². The molecule has 0 aliphatic carbocycles. The predicted octanol–water partition coefficient (Wildman–Crippen LogP) is 3.55. The zero-order valence-electron chi connectivity index (χ0n) is 12.3. The molecule has 17 heavy (non-hydrogen) atoms. The van der Waals surface area contributed by atoms with Crippen molar-refractivity contribution in [3.05, 3.63) is 0 Å². The van der Waals surface area contributed by atoms with Crippen molar-refractivity contribution in [1.82, 2.24) is 4.90 Å². The maximum absolute atomic E-state index is 6.18. The van der Waals surface area contributed by atoms with Crippen molar-refractivity contribution in [3.8, 4) is 0 Å². The number of rotatable bonds is 7. The molecule has 102 valence electrons. The van der Waals surface area contributed by atoms with Crippen LogP contribution < -0.4 is 5.73 Å². The van der Waals surface area contributed by atoms with Crippen molar-refractivity contribution in [2.24, 2.45) is 5.73 Å². The summed E-state index contributed by atoms with van der Waals surface area (Å²) < 4.78 is 0. The van der Waals surface area contributed by atoms with Crippen LogP contribution in [0, 0.1) is 0 Å². The van der Waals surface area contributed by atoms with Crippen LogP contribution in [-0.4, -0.2) is 29.1 Å². The van der Waals surface area contributed by atoms with Gasteiger partial charge in [-0.2, -0.15) is 0 Å². The lowest BCUT2D eigenvalue weighted by Crippen LogP contribution is -2.57. The zero-order chi connectivity index (χ0) is 12.9. The molecule has 3 unspecified atom stereocenters. The monoisotopic (exact) mass is 240 g/mol. The number of likely N-dealkylation sites (tertiary alicyclic amines) is 1. The Hall–Kier alpha value is -0.0800. The normalized spacial score (nSPS) is 29.5. The summed E-state index contributed by atoms with van der Waals surface area (Å²) in [6.07, 6.45) is 9.06. The average Bonchev–Trinajstić information content (AvgIpc) is 2.74. The van der Waals surface area contributed by atoms with Gasteiger partial charge in [0.25, 0.3) is 0 Å². The first-order valence-corrected chi connectivity index (χ1v) is 7.63. The number of hydrogen-bond acceptors (Lipinski definition) is 2. The Morgan fingerprint density at radius 3 is 2.41 bits per heavy atom. The molecule has 2 N–H and O–H groups in total. The molecule has 1 rings (SSSR count). The Balaban J connectivity index is 2.86. The van der Waals surface area contributed by atoms with E-state index in [9.17, 15) is 0 Å². The standard InChI is InChI=1S/C15H32N2/c1-5-8-11-15(7-3,12-16)17-13(4)9-10-14(17)6-2/h13-14H,5-12,16H2,1-4H3. The van der Waals surface area contributed by atoms with Crippen LogP contribution in [0.3, 0.4) is 0 Å². The van der Waals surface area contributed by atoms with E-state index in [-0.39, 0.29) is 5.54 Å². The molecule has 0 aromatic carbocycles. The van der Waals surface area contributed by atoms with Gasteiger partial charge >= 0.3 is 0 Å². The van der Waals surface area contributed by atoms with E-state index in [0.717, 1.165) is 18.6 Å². The van der Waals surface area contributed by atoms with Crippen LogP contribution in [0.4, 0.5) is 0 Å². The van der Waals surface area contributed by atoms with E-state index in [2.05, 4.69) is 32.6 Å². The van der Waals surface area contributed by atoms with Crippen LogP contribution >= 0.6 is 0 Å². The molecular weight excluding hydrogens is 208 g/mol. The van der Waals surface area contributed by atoms with Gasteiger partial charge in [0.1, 0.15) is 0 Å². The first kappa shape index (κ1) is 15.0. The van der Waals surface area contributed by atoms with Crippen molar-refractivity contribution in [2.75, 3.05) is 6.54 Å². The quantitative estimate of drug-likeness (QED) is 0.737. The third kappa shape index (κ3) is 3.03. The van der Waals surface area contributed by atoms with Gasteiger partial charge in [-0.3, -0.25) is 4.90 Å². The molecule has 3 atom stereocenters. The van der Waals surface area contributed by atoms with Gasteiger partial charge < -0.3 is 5.73 Å². The molecule has 0 radical (unpaired) electrons. The second kappa shape index (κ2) is 6.75. The Morgan fingerprint density at radius 2 is 1.94 bits per heavy atom. The molecule has 0 spiro atoms. The highest BCUT2D eigenvalue weighted by atomic mass is 15.3. The van der Waals surface area contributed by atoms with Crippen LogP contribution in [0.1, 0.15) is 72.6 Å². The SMILES string of the molecule is CCCCC(CC)(CN)N1C(C)CCC1CC. The Labute approximate surface area is 108 Å². The highest BCUT2D eigenvalue weighted by Crippen LogP contribution is 2.37. The minimum atomic E-state index is 0.270. The van der Waals surface area contributed by atoms with Crippen LogP contribution in [0.5, 0.6) is 0 Å².